The third-order valence-electron chi connectivity index (χ3n) is 5.43. The molecule has 3 aromatic heterocycles. The number of aryl methyl sites for hydroxylation is 1. The molecule has 37 heavy (non-hydrogen) atoms. The Morgan fingerprint density at radius 2 is 1.78 bits per heavy atom. The zero-order valence-electron chi connectivity index (χ0n) is 20.1. The molecular formula is C25H24F3N7O2. The minimum Gasteiger partial charge on any atom is -0.383 e. The van der Waals surface area contributed by atoms with Gasteiger partial charge in [0.05, 0.1) is 43.3 Å². The molecule has 3 heterocycles. The quantitative estimate of drug-likeness (QED) is 0.337. The third kappa shape index (κ3) is 6.88. The van der Waals surface area contributed by atoms with E-state index in [2.05, 4.69) is 30.7 Å². The van der Waals surface area contributed by atoms with Gasteiger partial charge in [-0.2, -0.15) is 18.3 Å². The first-order valence-corrected chi connectivity index (χ1v) is 11.2. The van der Waals surface area contributed by atoms with Crippen LogP contribution in [0.4, 0.5) is 30.5 Å². The van der Waals surface area contributed by atoms with Crippen LogP contribution in [0.5, 0.6) is 0 Å². The summed E-state index contributed by atoms with van der Waals surface area (Å²) < 4.78 is 44.7. The first kappa shape index (κ1) is 25.8. The number of ether oxygens (including phenoxy) is 1. The van der Waals surface area contributed by atoms with E-state index >= 15 is 0 Å². The second-order valence-corrected chi connectivity index (χ2v) is 8.20. The molecule has 9 nitrogen and oxygen atoms in total. The molecule has 1 aromatic carbocycles. The maximum Gasteiger partial charge on any atom is 0.433 e. The van der Waals surface area contributed by atoms with E-state index in [4.69, 9.17) is 4.74 Å². The fourth-order valence-corrected chi connectivity index (χ4v) is 3.49. The number of carbonyl (C=O) groups is 1. The molecule has 0 aliphatic rings. The van der Waals surface area contributed by atoms with Gasteiger partial charge in [-0.3, -0.25) is 9.48 Å². The van der Waals surface area contributed by atoms with Crippen LogP contribution >= 0.6 is 0 Å². The topological polar surface area (TPSA) is 107 Å². The summed E-state index contributed by atoms with van der Waals surface area (Å²) >= 11 is 0. The first-order valence-electron chi connectivity index (χ1n) is 11.2. The van der Waals surface area contributed by atoms with Gasteiger partial charge in [0.25, 0.3) is 0 Å². The minimum absolute atomic E-state index is 0.0601. The lowest BCUT2D eigenvalue weighted by Crippen LogP contribution is -2.16. The van der Waals surface area contributed by atoms with Crippen molar-refractivity contribution in [1.82, 2.24) is 24.7 Å². The van der Waals surface area contributed by atoms with Gasteiger partial charge in [0.1, 0.15) is 5.69 Å². The van der Waals surface area contributed by atoms with Crippen LogP contribution in [0.3, 0.4) is 0 Å². The number of anilines is 3. The molecule has 0 bridgehead atoms. The number of nitrogens with zero attached hydrogens (tertiary/aromatic N) is 5. The smallest absolute Gasteiger partial charge is 0.383 e. The minimum atomic E-state index is -4.53. The standard InChI is InChI=1S/C25H24F3N7O2/c1-16-9-18(19-11-30-24(31-12-19)34-21-14-32-35(15-21)7-8-37-2)4-3-17(16)10-23(36)33-20-5-6-22(29-13-20)25(26,27)28/h3-6,9,11-15H,7-8,10H2,1-2H3,(H,33,36)(H,30,31,34). The molecule has 4 rings (SSSR count). The van der Waals surface area contributed by atoms with Crippen LogP contribution in [0, 0.1) is 6.92 Å². The number of benzene rings is 1. The van der Waals surface area contributed by atoms with Gasteiger partial charge in [0.2, 0.25) is 11.9 Å². The zero-order chi connectivity index (χ0) is 26.4. The fourth-order valence-electron chi connectivity index (χ4n) is 3.49. The summed E-state index contributed by atoms with van der Waals surface area (Å²) in [6.07, 6.45) is 3.43. The maximum absolute atomic E-state index is 12.6. The van der Waals surface area contributed by atoms with Gasteiger partial charge in [0, 0.05) is 31.3 Å². The highest BCUT2D eigenvalue weighted by molar-refractivity contribution is 5.92. The summed E-state index contributed by atoms with van der Waals surface area (Å²) in [5.41, 5.74) is 3.28. The Labute approximate surface area is 210 Å². The largest absolute Gasteiger partial charge is 0.433 e. The SMILES string of the molecule is COCCn1cc(Nc2ncc(-c3ccc(CC(=O)Nc4ccc(C(F)(F)F)nc4)c(C)c3)cn2)cn1. The highest BCUT2D eigenvalue weighted by Gasteiger charge is 2.32. The lowest BCUT2D eigenvalue weighted by Gasteiger charge is -2.11. The van der Waals surface area contributed by atoms with Crippen LogP contribution in [-0.4, -0.2) is 44.4 Å². The maximum atomic E-state index is 12.6. The Kier molecular flexibility index (Phi) is 7.77. The van der Waals surface area contributed by atoms with E-state index in [-0.39, 0.29) is 18.0 Å². The van der Waals surface area contributed by atoms with Crippen LogP contribution in [0.25, 0.3) is 11.1 Å². The van der Waals surface area contributed by atoms with Crippen LogP contribution in [0.15, 0.2) is 61.3 Å². The summed E-state index contributed by atoms with van der Waals surface area (Å²) in [6.45, 7) is 3.08. The van der Waals surface area contributed by atoms with Gasteiger partial charge < -0.3 is 15.4 Å². The second-order valence-electron chi connectivity index (χ2n) is 8.20. The van der Waals surface area contributed by atoms with Crippen LogP contribution < -0.4 is 10.6 Å². The number of rotatable bonds is 9. The number of hydrogen-bond donors (Lipinski definition) is 2. The molecule has 0 unspecified atom stereocenters. The van der Waals surface area contributed by atoms with Crippen molar-refractivity contribution in [3.63, 3.8) is 0 Å². The molecule has 0 radical (unpaired) electrons. The summed E-state index contributed by atoms with van der Waals surface area (Å²) in [5, 5.41) is 9.91. The molecule has 0 saturated carbocycles. The Morgan fingerprint density at radius 3 is 2.43 bits per heavy atom. The van der Waals surface area contributed by atoms with Crippen LogP contribution in [-0.2, 0) is 28.7 Å². The van der Waals surface area contributed by atoms with Crippen molar-refractivity contribution >= 4 is 23.2 Å². The lowest BCUT2D eigenvalue weighted by molar-refractivity contribution is -0.141. The van der Waals surface area contributed by atoms with E-state index in [1.54, 1.807) is 30.4 Å². The Bertz CT molecular complexity index is 1350. The van der Waals surface area contributed by atoms with Gasteiger partial charge in [-0.1, -0.05) is 18.2 Å². The van der Waals surface area contributed by atoms with E-state index in [1.807, 2.05) is 31.3 Å². The molecule has 0 spiro atoms. The molecule has 0 fully saturated rings. The average molecular weight is 512 g/mol. The predicted molar refractivity (Wildman–Crippen MR) is 131 cm³/mol. The van der Waals surface area contributed by atoms with Gasteiger partial charge in [0.15, 0.2) is 0 Å². The summed E-state index contributed by atoms with van der Waals surface area (Å²) in [5.74, 6) is 0.0690. The van der Waals surface area contributed by atoms with Crippen molar-refractivity contribution in [3.05, 3.63) is 78.1 Å². The number of aromatic nitrogens is 5. The number of nitrogens with one attached hydrogen (secondary N) is 2. The molecular weight excluding hydrogens is 487 g/mol. The normalized spacial score (nSPS) is 11.4. The van der Waals surface area contributed by atoms with Crippen LogP contribution in [0.2, 0.25) is 0 Å². The highest BCUT2D eigenvalue weighted by atomic mass is 19.4. The van der Waals surface area contributed by atoms with Crippen molar-refractivity contribution in [2.24, 2.45) is 0 Å². The molecule has 2 N–H and O–H groups in total. The average Bonchev–Trinajstić information content (AvgIpc) is 3.31. The van der Waals surface area contributed by atoms with Crippen molar-refractivity contribution in [2.75, 3.05) is 24.4 Å². The molecule has 12 heteroatoms. The monoisotopic (exact) mass is 511 g/mol. The molecule has 0 aliphatic heterocycles. The van der Waals surface area contributed by atoms with Gasteiger partial charge in [-0.05, 0) is 35.7 Å². The second kappa shape index (κ2) is 11.2. The molecule has 0 atom stereocenters. The summed E-state index contributed by atoms with van der Waals surface area (Å²) in [6, 6.07) is 7.62. The van der Waals surface area contributed by atoms with Gasteiger partial charge in [-0.15, -0.1) is 0 Å². The van der Waals surface area contributed by atoms with Gasteiger partial charge >= 0.3 is 6.18 Å². The van der Waals surface area contributed by atoms with Crippen LogP contribution in [0.1, 0.15) is 16.8 Å². The van der Waals surface area contributed by atoms with Crippen molar-refractivity contribution in [2.45, 2.75) is 26.1 Å². The molecule has 0 aliphatic carbocycles. The number of pyridine rings is 1. The molecule has 4 aromatic rings. The Morgan fingerprint density at radius 1 is 1.00 bits per heavy atom. The predicted octanol–water partition coefficient (Wildman–Crippen LogP) is 4.63. The molecule has 1 amide bonds. The number of halogens is 3. The van der Waals surface area contributed by atoms with E-state index < -0.39 is 11.9 Å². The van der Waals surface area contributed by atoms with E-state index in [0.29, 0.717) is 19.1 Å². The molecule has 0 saturated heterocycles. The summed E-state index contributed by atoms with van der Waals surface area (Å²) in [4.78, 5) is 24.5. The Hall–Kier alpha value is -4.32. The third-order valence-corrected chi connectivity index (χ3v) is 5.43. The van der Waals surface area contributed by atoms with E-state index in [1.165, 1.54) is 6.07 Å². The number of amides is 1. The Balaban J connectivity index is 1.36. The van der Waals surface area contributed by atoms with E-state index in [9.17, 15) is 18.0 Å². The molecule has 192 valence electrons. The number of alkyl halides is 3. The van der Waals surface area contributed by atoms with Crippen molar-refractivity contribution < 1.29 is 22.7 Å². The highest BCUT2D eigenvalue weighted by Crippen LogP contribution is 2.28. The van der Waals surface area contributed by atoms with Gasteiger partial charge in [-0.25, -0.2) is 15.0 Å². The van der Waals surface area contributed by atoms with E-state index in [0.717, 1.165) is 40.2 Å². The van der Waals surface area contributed by atoms with Crippen molar-refractivity contribution in [3.8, 4) is 11.1 Å². The fraction of sp³-hybridized carbons (Fsp3) is 0.240. The first-order chi connectivity index (χ1) is 17.7. The lowest BCUT2D eigenvalue weighted by atomic mass is 9.99. The number of methoxy groups -OCH3 is 1. The van der Waals surface area contributed by atoms with Crippen molar-refractivity contribution in [1.29, 1.82) is 0 Å². The zero-order valence-corrected chi connectivity index (χ0v) is 20.1. The number of hydrogen-bond acceptors (Lipinski definition) is 7. The number of carbonyl (C=O) groups excluding carboxylic acids is 1. The summed E-state index contributed by atoms with van der Waals surface area (Å²) in [7, 11) is 1.63.